The third-order valence-electron chi connectivity index (χ3n) is 5.45. The van der Waals surface area contributed by atoms with Crippen LogP contribution in [0.4, 0.5) is 0 Å². The second-order valence-corrected chi connectivity index (χ2v) is 8.28. The summed E-state index contributed by atoms with van der Waals surface area (Å²) in [6.45, 7) is 3.76. The Balaban J connectivity index is 0.000000137. The van der Waals surface area contributed by atoms with Gasteiger partial charge in [-0.15, -0.1) is 0 Å². The highest BCUT2D eigenvalue weighted by Gasteiger charge is 2.25. The zero-order chi connectivity index (χ0) is 18.8. The van der Waals surface area contributed by atoms with Crippen LogP contribution in [0.2, 0.25) is 0 Å². The second-order valence-electron chi connectivity index (χ2n) is 8.28. The molecule has 0 aliphatic carbocycles. The van der Waals surface area contributed by atoms with Crippen molar-refractivity contribution in [3.8, 4) is 0 Å². The topological polar surface area (TPSA) is 81.6 Å². The van der Waals surface area contributed by atoms with Crippen LogP contribution in [0.15, 0.2) is 48.5 Å². The third kappa shape index (κ3) is 7.21. The molecule has 2 N–H and O–H groups in total. The van der Waals surface area contributed by atoms with Crippen molar-refractivity contribution in [1.29, 1.82) is 0 Å². The average Bonchev–Trinajstić information content (AvgIpc) is 3.52. The van der Waals surface area contributed by atoms with E-state index in [1.54, 1.807) is 0 Å². The molecule has 0 bridgehead atoms. The van der Waals surface area contributed by atoms with Crippen molar-refractivity contribution < 1.29 is 24.4 Å². The predicted octanol–water partition coefficient (Wildman–Crippen LogP) is 2.31. The largest absolute Gasteiger partial charge is 0.412 e. The van der Waals surface area contributed by atoms with Gasteiger partial charge in [-0.1, -0.05) is 48.5 Å². The van der Waals surface area contributed by atoms with Gasteiger partial charge in [0.15, 0.2) is 0 Å². The summed E-state index contributed by atoms with van der Waals surface area (Å²) < 4.78 is 20.9. The SMILES string of the molecule is O.c1cc(CC2CO2)cc(CC2CO2)c1.c1cc(CC2CO2)cc(CC2CO2)c1. The molecule has 4 saturated heterocycles. The first-order chi connectivity index (χ1) is 13.8. The van der Waals surface area contributed by atoms with Gasteiger partial charge in [0.25, 0.3) is 0 Å². The molecule has 4 heterocycles. The molecular weight excluding hydrogens is 368 g/mol. The van der Waals surface area contributed by atoms with Crippen LogP contribution in [0.25, 0.3) is 0 Å². The van der Waals surface area contributed by atoms with Gasteiger partial charge in [0.05, 0.1) is 50.8 Å². The van der Waals surface area contributed by atoms with Crippen molar-refractivity contribution >= 4 is 0 Å². The molecule has 156 valence electrons. The molecule has 0 spiro atoms. The Labute approximate surface area is 172 Å². The molecule has 5 heteroatoms. The Bertz CT molecular complexity index is 665. The highest BCUT2D eigenvalue weighted by atomic mass is 16.6. The van der Waals surface area contributed by atoms with E-state index in [-0.39, 0.29) is 5.48 Å². The normalized spacial score (nSPS) is 27.9. The van der Waals surface area contributed by atoms with Crippen LogP contribution in [0.1, 0.15) is 22.3 Å². The molecule has 4 unspecified atom stereocenters. The first-order valence-electron chi connectivity index (χ1n) is 10.4. The molecule has 0 amide bonds. The summed E-state index contributed by atoms with van der Waals surface area (Å²) in [6.07, 6.45) is 6.23. The summed E-state index contributed by atoms with van der Waals surface area (Å²) in [7, 11) is 0. The Hall–Kier alpha value is -1.76. The Kier molecular flexibility index (Phi) is 6.63. The summed E-state index contributed by atoms with van der Waals surface area (Å²) in [4.78, 5) is 0. The molecule has 4 aliphatic rings. The lowest BCUT2D eigenvalue weighted by Gasteiger charge is -2.02. The monoisotopic (exact) mass is 398 g/mol. The Morgan fingerprint density at radius 1 is 0.517 bits per heavy atom. The van der Waals surface area contributed by atoms with Crippen LogP contribution in [-0.4, -0.2) is 56.3 Å². The molecule has 6 rings (SSSR count). The Morgan fingerprint density at radius 2 is 0.759 bits per heavy atom. The maximum absolute atomic E-state index is 5.22. The number of ether oxygens (including phenoxy) is 4. The summed E-state index contributed by atoms with van der Waals surface area (Å²) in [6, 6.07) is 17.5. The van der Waals surface area contributed by atoms with Gasteiger partial charge in [0.2, 0.25) is 0 Å². The maximum Gasteiger partial charge on any atom is 0.0850 e. The van der Waals surface area contributed by atoms with E-state index >= 15 is 0 Å². The summed E-state index contributed by atoms with van der Waals surface area (Å²) >= 11 is 0. The van der Waals surface area contributed by atoms with Crippen LogP contribution in [0.3, 0.4) is 0 Å². The molecule has 2 aromatic carbocycles. The van der Waals surface area contributed by atoms with E-state index in [2.05, 4.69) is 48.5 Å². The number of benzene rings is 2. The lowest BCUT2D eigenvalue weighted by molar-refractivity contribution is 0.405. The fourth-order valence-electron chi connectivity index (χ4n) is 3.56. The molecule has 4 aliphatic heterocycles. The van der Waals surface area contributed by atoms with Crippen LogP contribution in [0, 0.1) is 0 Å². The fraction of sp³-hybridized carbons (Fsp3) is 0.500. The van der Waals surface area contributed by atoms with E-state index in [4.69, 9.17) is 18.9 Å². The van der Waals surface area contributed by atoms with Gasteiger partial charge in [-0.05, 0) is 22.3 Å². The van der Waals surface area contributed by atoms with E-state index in [1.165, 1.54) is 22.3 Å². The lowest BCUT2D eigenvalue weighted by atomic mass is 10.0. The smallest absolute Gasteiger partial charge is 0.0850 e. The highest BCUT2D eigenvalue weighted by molar-refractivity contribution is 5.26. The minimum atomic E-state index is 0. The minimum Gasteiger partial charge on any atom is -0.412 e. The first-order valence-corrected chi connectivity index (χ1v) is 10.4. The molecule has 4 atom stereocenters. The van der Waals surface area contributed by atoms with Gasteiger partial charge in [-0.25, -0.2) is 0 Å². The van der Waals surface area contributed by atoms with Crippen molar-refractivity contribution in [2.45, 2.75) is 50.1 Å². The number of epoxide rings is 4. The predicted molar refractivity (Wildman–Crippen MR) is 110 cm³/mol. The van der Waals surface area contributed by atoms with Gasteiger partial charge < -0.3 is 24.4 Å². The molecule has 4 fully saturated rings. The van der Waals surface area contributed by atoms with Gasteiger partial charge in [-0.2, -0.15) is 0 Å². The highest BCUT2D eigenvalue weighted by Crippen LogP contribution is 2.21. The van der Waals surface area contributed by atoms with E-state index in [0.29, 0.717) is 24.4 Å². The van der Waals surface area contributed by atoms with Gasteiger partial charge >= 0.3 is 0 Å². The van der Waals surface area contributed by atoms with Crippen LogP contribution < -0.4 is 0 Å². The second kappa shape index (κ2) is 9.37. The number of rotatable bonds is 8. The lowest BCUT2D eigenvalue weighted by Crippen LogP contribution is -1.97. The molecule has 0 aromatic heterocycles. The van der Waals surface area contributed by atoms with Crippen molar-refractivity contribution in [3.05, 3.63) is 70.8 Å². The van der Waals surface area contributed by atoms with Crippen molar-refractivity contribution in [2.75, 3.05) is 26.4 Å². The number of hydrogen-bond acceptors (Lipinski definition) is 4. The molecule has 5 nitrogen and oxygen atoms in total. The maximum atomic E-state index is 5.22. The third-order valence-corrected chi connectivity index (χ3v) is 5.45. The summed E-state index contributed by atoms with van der Waals surface area (Å²) in [5, 5.41) is 0. The van der Waals surface area contributed by atoms with Gasteiger partial charge in [0, 0.05) is 25.7 Å². The van der Waals surface area contributed by atoms with Crippen LogP contribution >= 0.6 is 0 Å². The standard InChI is InChI=1S/2C12H14O2.H2O/c2*1-2-9(5-11-7-13-11)4-10(3-1)6-12-8-14-12;/h2*1-4,11-12H,5-8H2;1H2. The zero-order valence-electron chi connectivity index (χ0n) is 16.7. The van der Waals surface area contributed by atoms with Crippen LogP contribution in [0.5, 0.6) is 0 Å². The van der Waals surface area contributed by atoms with Crippen molar-refractivity contribution in [1.82, 2.24) is 0 Å². The summed E-state index contributed by atoms with van der Waals surface area (Å²) in [5.74, 6) is 0. The van der Waals surface area contributed by atoms with E-state index in [1.807, 2.05) is 0 Å². The molecular formula is C24H30O5. The van der Waals surface area contributed by atoms with E-state index in [0.717, 1.165) is 52.1 Å². The van der Waals surface area contributed by atoms with Crippen LogP contribution in [-0.2, 0) is 44.6 Å². The molecule has 0 saturated carbocycles. The van der Waals surface area contributed by atoms with Gasteiger partial charge in [0.1, 0.15) is 0 Å². The molecule has 2 aromatic rings. The quantitative estimate of drug-likeness (QED) is 0.639. The summed E-state index contributed by atoms with van der Waals surface area (Å²) in [5.41, 5.74) is 5.58. The average molecular weight is 398 g/mol. The van der Waals surface area contributed by atoms with E-state index < -0.39 is 0 Å². The molecule has 0 radical (unpaired) electrons. The zero-order valence-corrected chi connectivity index (χ0v) is 16.7. The first kappa shape index (κ1) is 20.5. The van der Waals surface area contributed by atoms with Gasteiger partial charge in [-0.3, -0.25) is 0 Å². The molecule has 29 heavy (non-hydrogen) atoms. The fourth-order valence-corrected chi connectivity index (χ4v) is 3.56. The van der Waals surface area contributed by atoms with E-state index in [9.17, 15) is 0 Å². The number of hydrogen-bond donors (Lipinski definition) is 0. The van der Waals surface area contributed by atoms with Crippen molar-refractivity contribution in [2.24, 2.45) is 0 Å². The van der Waals surface area contributed by atoms with Crippen molar-refractivity contribution in [3.63, 3.8) is 0 Å². The Morgan fingerprint density at radius 3 is 0.966 bits per heavy atom. The minimum absolute atomic E-state index is 0.